The number of allylic oxidation sites excluding steroid dienone is 2. The molecule has 142 valence electrons. The molecule has 0 saturated carbocycles. The first-order chi connectivity index (χ1) is 12.7. The molecule has 3 nitrogen and oxygen atoms in total. The van der Waals surface area contributed by atoms with Crippen molar-refractivity contribution in [1.82, 2.24) is 0 Å². The number of ether oxygens (including phenoxy) is 2. The van der Waals surface area contributed by atoms with Gasteiger partial charge in [0.25, 0.3) is 0 Å². The van der Waals surface area contributed by atoms with Gasteiger partial charge in [0.05, 0.1) is 0 Å². The van der Waals surface area contributed by atoms with Crippen LogP contribution in [0.1, 0.15) is 44.4 Å². The van der Waals surface area contributed by atoms with Gasteiger partial charge in [-0.15, -0.1) is 0 Å². The molecule has 0 heterocycles. The first-order valence-electron chi connectivity index (χ1n) is 9.16. The summed E-state index contributed by atoms with van der Waals surface area (Å²) in [6.07, 6.45) is 1.04. The fourth-order valence-electron chi connectivity index (χ4n) is 2.75. The summed E-state index contributed by atoms with van der Waals surface area (Å²) < 4.78 is 11.1. The standard InChI is InChI=1S/C24H28O3/c1-8-20-9-10-21(13-16(20)4)22-11-12-23(17(5)14-22)26-18(6)19(7)27-24(25)15(2)3/h9-14H,2,8H2,1,3-7H3/b19-18+. The monoisotopic (exact) mass is 364 g/mol. The zero-order valence-corrected chi connectivity index (χ0v) is 17.1. The van der Waals surface area contributed by atoms with Gasteiger partial charge >= 0.3 is 5.97 Å². The van der Waals surface area contributed by atoms with Crippen molar-refractivity contribution in [3.8, 4) is 16.9 Å². The minimum atomic E-state index is -0.451. The Morgan fingerprint density at radius 3 is 2.04 bits per heavy atom. The number of carbonyl (C=O) groups is 1. The zero-order chi connectivity index (χ0) is 20.1. The lowest BCUT2D eigenvalue weighted by molar-refractivity contribution is -0.135. The molecule has 0 N–H and O–H groups in total. The highest BCUT2D eigenvalue weighted by Gasteiger charge is 2.10. The lowest BCUT2D eigenvalue weighted by atomic mass is 9.97. The van der Waals surface area contributed by atoms with Crippen LogP contribution in [-0.4, -0.2) is 5.97 Å². The zero-order valence-electron chi connectivity index (χ0n) is 17.1. The maximum absolute atomic E-state index is 11.6. The van der Waals surface area contributed by atoms with E-state index in [1.54, 1.807) is 20.8 Å². The van der Waals surface area contributed by atoms with Crippen molar-refractivity contribution in [2.24, 2.45) is 0 Å². The van der Waals surface area contributed by atoms with Crippen LogP contribution < -0.4 is 4.74 Å². The number of carbonyl (C=O) groups excluding carboxylic acids is 1. The summed E-state index contributed by atoms with van der Waals surface area (Å²) in [6, 6.07) is 12.7. The van der Waals surface area contributed by atoms with Crippen molar-refractivity contribution in [2.45, 2.75) is 48.0 Å². The number of aryl methyl sites for hydroxylation is 3. The molecular weight excluding hydrogens is 336 g/mol. The Hall–Kier alpha value is -2.81. The lowest BCUT2D eigenvalue weighted by Crippen LogP contribution is -2.06. The third kappa shape index (κ3) is 5.10. The Balaban J connectivity index is 2.23. The number of hydrogen-bond donors (Lipinski definition) is 0. The molecule has 0 fully saturated rings. The van der Waals surface area contributed by atoms with E-state index in [-0.39, 0.29) is 0 Å². The minimum absolute atomic E-state index is 0.354. The van der Waals surface area contributed by atoms with Gasteiger partial charge in [-0.25, -0.2) is 4.79 Å². The van der Waals surface area contributed by atoms with Gasteiger partial charge in [-0.2, -0.15) is 0 Å². The molecule has 0 aromatic heterocycles. The van der Waals surface area contributed by atoms with Crippen LogP contribution in [0.4, 0.5) is 0 Å². The van der Waals surface area contributed by atoms with Crippen molar-refractivity contribution in [3.05, 3.63) is 76.8 Å². The first kappa shape index (κ1) is 20.5. The van der Waals surface area contributed by atoms with Crippen LogP contribution in [0, 0.1) is 13.8 Å². The average Bonchev–Trinajstić information content (AvgIpc) is 2.62. The molecule has 0 unspecified atom stereocenters. The Labute approximate surface area is 162 Å². The average molecular weight is 364 g/mol. The van der Waals surface area contributed by atoms with Gasteiger partial charge in [0.15, 0.2) is 0 Å². The summed E-state index contributed by atoms with van der Waals surface area (Å²) >= 11 is 0. The highest BCUT2D eigenvalue weighted by atomic mass is 16.6. The fourth-order valence-corrected chi connectivity index (χ4v) is 2.75. The molecule has 0 amide bonds. The van der Waals surface area contributed by atoms with E-state index < -0.39 is 5.97 Å². The molecule has 0 aliphatic heterocycles. The normalized spacial score (nSPS) is 11.6. The Kier molecular flexibility index (Phi) is 6.62. The summed E-state index contributed by atoms with van der Waals surface area (Å²) in [7, 11) is 0. The molecule has 0 radical (unpaired) electrons. The van der Waals surface area contributed by atoms with E-state index in [9.17, 15) is 4.79 Å². The summed E-state index contributed by atoms with van der Waals surface area (Å²) in [5.41, 5.74) is 6.39. The highest BCUT2D eigenvalue weighted by Crippen LogP contribution is 2.29. The van der Waals surface area contributed by atoms with Crippen LogP contribution in [0.2, 0.25) is 0 Å². The minimum Gasteiger partial charge on any atom is -0.458 e. The summed E-state index contributed by atoms with van der Waals surface area (Å²) in [4.78, 5) is 11.6. The maximum atomic E-state index is 11.6. The molecule has 0 saturated heterocycles. The number of hydrogen-bond acceptors (Lipinski definition) is 3. The largest absolute Gasteiger partial charge is 0.458 e. The smallest absolute Gasteiger partial charge is 0.338 e. The molecule has 0 atom stereocenters. The first-order valence-corrected chi connectivity index (χ1v) is 9.16. The molecule has 0 bridgehead atoms. The predicted molar refractivity (Wildman–Crippen MR) is 111 cm³/mol. The van der Waals surface area contributed by atoms with Crippen LogP contribution in [-0.2, 0) is 16.0 Å². The predicted octanol–water partition coefficient (Wildman–Crippen LogP) is 6.28. The second-order valence-electron chi connectivity index (χ2n) is 6.86. The summed E-state index contributed by atoms with van der Waals surface area (Å²) in [5, 5.41) is 0. The van der Waals surface area contributed by atoms with Crippen LogP contribution >= 0.6 is 0 Å². The molecule has 0 spiro atoms. The second-order valence-corrected chi connectivity index (χ2v) is 6.86. The summed E-state index contributed by atoms with van der Waals surface area (Å²) in [5.74, 6) is 1.26. The molecule has 2 aromatic rings. The van der Waals surface area contributed by atoms with Crippen LogP contribution in [0.25, 0.3) is 11.1 Å². The van der Waals surface area contributed by atoms with Crippen LogP contribution in [0.15, 0.2) is 60.1 Å². The van der Waals surface area contributed by atoms with Gasteiger partial charge in [0, 0.05) is 5.57 Å². The third-order valence-corrected chi connectivity index (χ3v) is 4.58. The van der Waals surface area contributed by atoms with Gasteiger partial charge in [-0.1, -0.05) is 37.8 Å². The fraction of sp³-hybridized carbons (Fsp3) is 0.292. The van der Waals surface area contributed by atoms with E-state index in [0.29, 0.717) is 17.1 Å². The Morgan fingerprint density at radius 1 is 0.926 bits per heavy atom. The highest BCUT2D eigenvalue weighted by molar-refractivity contribution is 5.87. The SMILES string of the molecule is C=C(C)C(=O)O/C(C)=C(\C)Oc1ccc(-c2ccc(CC)c(C)c2)cc1C. The van der Waals surface area contributed by atoms with Gasteiger partial charge < -0.3 is 9.47 Å². The van der Waals surface area contributed by atoms with Gasteiger partial charge in [-0.3, -0.25) is 0 Å². The number of esters is 1. The third-order valence-electron chi connectivity index (χ3n) is 4.58. The molecule has 27 heavy (non-hydrogen) atoms. The van der Waals surface area contributed by atoms with Crippen molar-refractivity contribution in [1.29, 1.82) is 0 Å². The van der Waals surface area contributed by atoms with E-state index in [1.165, 1.54) is 16.7 Å². The molecule has 2 aromatic carbocycles. The number of rotatable bonds is 6. The number of benzene rings is 2. The maximum Gasteiger partial charge on any atom is 0.338 e. The van der Waals surface area contributed by atoms with Crippen molar-refractivity contribution < 1.29 is 14.3 Å². The van der Waals surface area contributed by atoms with Crippen LogP contribution in [0.3, 0.4) is 0 Å². The molecule has 2 rings (SSSR count). The van der Waals surface area contributed by atoms with Gasteiger partial charge in [0.2, 0.25) is 0 Å². The van der Waals surface area contributed by atoms with Crippen LogP contribution in [0.5, 0.6) is 5.75 Å². The van der Waals surface area contributed by atoms with E-state index in [4.69, 9.17) is 9.47 Å². The van der Waals surface area contributed by atoms with Crippen molar-refractivity contribution >= 4 is 5.97 Å². The van der Waals surface area contributed by atoms with Gasteiger partial charge in [-0.05, 0) is 81.0 Å². The lowest BCUT2D eigenvalue weighted by Gasteiger charge is -2.14. The van der Waals surface area contributed by atoms with E-state index in [0.717, 1.165) is 23.3 Å². The van der Waals surface area contributed by atoms with Gasteiger partial charge in [0.1, 0.15) is 17.3 Å². The van der Waals surface area contributed by atoms with E-state index in [1.807, 2.05) is 19.1 Å². The molecular formula is C24H28O3. The van der Waals surface area contributed by atoms with E-state index >= 15 is 0 Å². The topological polar surface area (TPSA) is 35.5 Å². The molecule has 0 aliphatic carbocycles. The van der Waals surface area contributed by atoms with E-state index in [2.05, 4.69) is 44.7 Å². The quantitative estimate of drug-likeness (QED) is 0.344. The summed E-state index contributed by atoms with van der Waals surface area (Å²) in [6.45, 7) is 15.0. The molecule has 3 heteroatoms. The Morgan fingerprint density at radius 2 is 1.52 bits per heavy atom. The van der Waals surface area contributed by atoms with Crippen molar-refractivity contribution in [3.63, 3.8) is 0 Å². The molecule has 0 aliphatic rings. The second kappa shape index (κ2) is 8.72. The Bertz CT molecular complexity index is 904. The van der Waals surface area contributed by atoms with Crippen molar-refractivity contribution in [2.75, 3.05) is 0 Å².